The highest BCUT2D eigenvalue weighted by molar-refractivity contribution is 5.65. The lowest BCUT2D eigenvalue weighted by molar-refractivity contribution is -0.285. The average Bonchev–Trinajstić information content (AvgIpc) is 2.33. The van der Waals surface area contributed by atoms with E-state index in [1.54, 1.807) is 7.11 Å². The minimum Gasteiger partial charge on any atom is -0.379 e. The van der Waals surface area contributed by atoms with Gasteiger partial charge in [0.1, 0.15) is 6.61 Å². The summed E-state index contributed by atoms with van der Waals surface area (Å²) in [4.78, 5) is 20.3. The summed E-state index contributed by atoms with van der Waals surface area (Å²) in [6.07, 6.45) is 3.69. The molecule has 1 aliphatic rings. The van der Waals surface area contributed by atoms with Crippen LogP contribution in [0.5, 0.6) is 0 Å². The fraction of sp³-hybridized carbons (Fsp3) is 0.933. The molecule has 1 saturated carbocycles. The summed E-state index contributed by atoms with van der Waals surface area (Å²) in [5.41, 5.74) is 0. The number of hydrogen-bond donors (Lipinski definition) is 0. The molecule has 19 heavy (non-hydrogen) atoms. The Labute approximate surface area is 116 Å². The maximum absolute atomic E-state index is 10.7. The first-order chi connectivity index (χ1) is 8.95. The number of methoxy groups -OCH3 is 1. The van der Waals surface area contributed by atoms with E-state index in [2.05, 4.69) is 25.7 Å². The van der Waals surface area contributed by atoms with Gasteiger partial charge in [0.25, 0.3) is 0 Å². The third kappa shape index (κ3) is 5.11. The Hall–Kier alpha value is -0.610. The molecular formula is C15H28O4. The molecule has 1 rings (SSSR count). The van der Waals surface area contributed by atoms with E-state index in [0.717, 1.165) is 12.3 Å². The lowest BCUT2D eigenvalue weighted by atomic mass is 9.68. The van der Waals surface area contributed by atoms with Crippen molar-refractivity contribution < 1.29 is 19.3 Å². The minimum absolute atomic E-state index is 0.00509. The Balaban J connectivity index is 2.60. The van der Waals surface area contributed by atoms with E-state index >= 15 is 0 Å². The quantitative estimate of drug-likeness (QED) is 0.550. The molecule has 112 valence electrons. The van der Waals surface area contributed by atoms with Gasteiger partial charge in [-0.15, -0.1) is 0 Å². The molecule has 0 aromatic carbocycles. The second kappa shape index (κ2) is 7.85. The van der Waals surface area contributed by atoms with E-state index in [1.165, 1.54) is 19.8 Å². The van der Waals surface area contributed by atoms with Crippen LogP contribution in [-0.4, -0.2) is 25.8 Å². The molecule has 4 unspecified atom stereocenters. The summed E-state index contributed by atoms with van der Waals surface area (Å²) in [7, 11) is 1.71. The molecule has 0 aromatic rings. The first-order valence-electron chi connectivity index (χ1n) is 7.28. The highest BCUT2D eigenvalue weighted by Gasteiger charge is 2.36. The molecule has 1 fully saturated rings. The fourth-order valence-electron chi connectivity index (χ4n) is 3.25. The number of carbonyl (C=O) groups excluding carboxylic acids is 1. The van der Waals surface area contributed by atoms with Gasteiger partial charge in [0.05, 0.1) is 6.10 Å². The summed E-state index contributed by atoms with van der Waals surface area (Å²) >= 11 is 0. The van der Waals surface area contributed by atoms with Gasteiger partial charge in [-0.1, -0.05) is 27.2 Å². The SMILES string of the molecule is COC(COOC(C)=O)C1CC(C)CCC1C(C)C. The summed E-state index contributed by atoms with van der Waals surface area (Å²) in [5.74, 6) is 2.08. The van der Waals surface area contributed by atoms with Crippen LogP contribution in [-0.2, 0) is 19.3 Å². The van der Waals surface area contributed by atoms with Crippen molar-refractivity contribution in [2.24, 2.45) is 23.7 Å². The monoisotopic (exact) mass is 272 g/mol. The van der Waals surface area contributed by atoms with Crippen LogP contribution in [0.1, 0.15) is 47.0 Å². The Morgan fingerprint density at radius 1 is 1.26 bits per heavy atom. The van der Waals surface area contributed by atoms with Crippen LogP contribution in [0, 0.1) is 23.7 Å². The topological polar surface area (TPSA) is 44.8 Å². The van der Waals surface area contributed by atoms with Crippen LogP contribution >= 0.6 is 0 Å². The second-order valence-electron chi connectivity index (χ2n) is 6.12. The van der Waals surface area contributed by atoms with Crippen LogP contribution in [0.2, 0.25) is 0 Å². The second-order valence-corrected chi connectivity index (χ2v) is 6.12. The molecule has 4 atom stereocenters. The molecule has 0 amide bonds. The van der Waals surface area contributed by atoms with E-state index in [-0.39, 0.29) is 6.10 Å². The van der Waals surface area contributed by atoms with Gasteiger partial charge in [-0.3, -0.25) is 4.89 Å². The van der Waals surface area contributed by atoms with Crippen molar-refractivity contribution >= 4 is 5.97 Å². The minimum atomic E-state index is -0.424. The van der Waals surface area contributed by atoms with Crippen molar-refractivity contribution in [3.8, 4) is 0 Å². The van der Waals surface area contributed by atoms with Crippen molar-refractivity contribution in [2.75, 3.05) is 13.7 Å². The maximum Gasteiger partial charge on any atom is 0.339 e. The van der Waals surface area contributed by atoms with Crippen LogP contribution < -0.4 is 0 Å². The smallest absolute Gasteiger partial charge is 0.339 e. The third-order valence-electron chi connectivity index (χ3n) is 4.26. The third-order valence-corrected chi connectivity index (χ3v) is 4.26. The van der Waals surface area contributed by atoms with Crippen LogP contribution in [0.25, 0.3) is 0 Å². The predicted octanol–water partition coefficient (Wildman–Crippen LogP) is 3.20. The summed E-state index contributed by atoms with van der Waals surface area (Å²) in [6, 6.07) is 0. The fourth-order valence-corrected chi connectivity index (χ4v) is 3.25. The molecule has 0 radical (unpaired) electrons. The average molecular weight is 272 g/mol. The molecule has 0 heterocycles. The Morgan fingerprint density at radius 2 is 1.95 bits per heavy atom. The Bertz CT molecular complexity index is 277. The normalized spacial score (nSPS) is 29.3. The van der Waals surface area contributed by atoms with Gasteiger partial charge >= 0.3 is 5.97 Å². The molecule has 4 nitrogen and oxygen atoms in total. The highest BCUT2D eigenvalue weighted by Crippen LogP contribution is 2.40. The Kier molecular flexibility index (Phi) is 6.80. The van der Waals surface area contributed by atoms with Crippen LogP contribution in [0.15, 0.2) is 0 Å². The molecule has 1 aliphatic carbocycles. The molecular weight excluding hydrogens is 244 g/mol. The lowest BCUT2D eigenvalue weighted by Crippen LogP contribution is -2.39. The standard InChI is InChI=1S/C15H28O4/c1-10(2)13-7-6-11(3)8-14(13)15(17-5)9-18-19-12(4)16/h10-11,13-15H,6-9H2,1-5H3. The Morgan fingerprint density at radius 3 is 2.47 bits per heavy atom. The summed E-state index contributed by atoms with van der Waals surface area (Å²) in [5, 5.41) is 0. The molecule has 0 spiro atoms. The zero-order valence-electron chi connectivity index (χ0n) is 12.8. The highest BCUT2D eigenvalue weighted by atomic mass is 17.2. The molecule has 0 N–H and O–H groups in total. The predicted molar refractivity (Wildman–Crippen MR) is 73.3 cm³/mol. The summed E-state index contributed by atoms with van der Waals surface area (Å²) in [6.45, 7) is 8.49. The van der Waals surface area contributed by atoms with Gasteiger partial charge in [0.15, 0.2) is 0 Å². The number of carbonyl (C=O) groups is 1. The molecule has 0 saturated heterocycles. The summed E-state index contributed by atoms with van der Waals surface area (Å²) < 4.78 is 5.58. The zero-order valence-corrected chi connectivity index (χ0v) is 12.8. The van der Waals surface area contributed by atoms with E-state index < -0.39 is 5.97 Å². The van der Waals surface area contributed by atoms with E-state index in [1.807, 2.05) is 0 Å². The lowest BCUT2D eigenvalue weighted by Gasteiger charge is -2.40. The maximum atomic E-state index is 10.7. The van der Waals surface area contributed by atoms with Gasteiger partial charge in [-0.25, -0.2) is 4.79 Å². The van der Waals surface area contributed by atoms with Gasteiger partial charge in [0, 0.05) is 14.0 Å². The van der Waals surface area contributed by atoms with Gasteiger partial charge in [-0.2, -0.15) is 4.89 Å². The van der Waals surface area contributed by atoms with E-state index in [0.29, 0.717) is 24.4 Å². The zero-order chi connectivity index (χ0) is 14.4. The first kappa shape index (κ1) is 16.4. The van der Waals surface area contributed by atoms with Gasteiger partial charge in [0.2, 0.25) is 0 Å². The van der Waals surface area contributed by atoms with Gasteiger partial charge in [-0.05, 0) is 36.5 Å². The van der Waals surface area contributed by atoms with Crippen molar-refractivity contribution in [3.63, 3.8) is 0 Å². The van der Waals surface area contributed by atoms with Crippen molar-refractivity contribution in [3.05, 3.63) is 0 Å². The first-order valence-corrected chi connectivity index (χ1v) is 7.28. The molecule has 0 aliphatic heterocycles. The number of rotatable bonds is 6. The van der Waals surface area contributed by atoms with Crippen molar-refractivity contribution in [2.45, 2.75) is 53.1 Å². The van der Waals surface area contributed by atoms with E-state index in [9.17, 15) is 4.79 Å². The van der Waals surface area contributed by atoms with Crippen molar-refractivity contribution in [1.29, 1.82) is 0 Å². The van der Waals surface area contributed by atoms with Crippen LogP contribution in [0.4, 0.5) is 0 Å². The van der Waals surface area contributed by atoms with Crippen LogP contribution in [0.3, 0.4) is 0 Å². The molecule has 0 aromatic heterocycles. The van der Waals surface area contributed by atoms with Crippen molar-refractivity contribution in [1.82, 2.24) is 0 Å². The number of hydrogen-bond acceptors (Lipinski definition) is 4. The molecule has 4 heteroatoms. The number of ether oxygens (including phenoxy) is 1. The molecule has 0 bridgehead atoms. The van der Waals surface area contributed by atoms with Gasteiger partial charge < -0.3 is 4.74 Å². The largest absolute Gasteiger partial charge is 0.379 e. The van der Waals surface area contributed by atoms with E-state index in [4.69, 9.17) is 9.62 Å².